The van der Waals surface area contributed by atoms with Crippen molar-refractivity contribution in [1.82, 2.24) is 5.32 Å². The molecule has 34 heavy (non-hydrogen) atoms. The Labute approximate surface area is 205 Å². The molecule has 4 aromatic rings. The number of hydrogen-bond donors (Lipinski definition) is 2. The highest BCUT2D eigenvalue weighted by Gasteiger charge is 2.14. The zero-order valence-corrected chi connectivity index (χ0v) is 19.8. The highest BCUT2D eigenvalue weighted by atomic mass is 35.5. The van der Waals surface area contributed by atoms with Gasteiger partial charge in [-0.05, 0) is 60.2 Å². The van der Waals surface area contributed by atoms with Gasteiger partial charge >= 0.3 is 5.63 Å². The van der Waals surface area contributed by atoms with Gasteiger partial charge < -0.3 is 19.2 Å². The summed E-state index contributed by atoms with van der Waals surface area (Å²) in [6, 6.07) is 18.8. The molecule has 0 unspecified atom stereocenters. The van der Waals surface area contributed by atoms with Crippen LogP contribution < -0.4 is 25.7 Å². The zero-order valence-electron chi connectivity index (χ0n) is 18.2. The summed E-state index contributed by atoms with van der Waals surface area (Å²) in [5, 5.41) is 6.69. The highest BCUT2D eigenvalue weighted by molar-refractivity contribution is 7.80. The number of hydrogen-bond acceptors (Lipinski definition) is 6. The van der Waals surface area contributed by atoms with Crippen molar-refractivity contribution in [3.8, 4) is 22.6 Å². The lowest BCUT2D eigenvalue weighted by Gasteiger charge is -2.14. The molecule has 0 radical (unpaired) electrons. The Morgan fingerprint density at radius 3 is 2.44 bits per heavy atom. The van der Waals surface area contributed by atoms with Crippen molar-refractivity contribution in [3.05, 3.63) is 87.7 Å². The van der Waals surface area contributed by atoms with Crippen LogP contribution in [0.1, 0.15) is 10.4 Å². The van der Waals surface area contributed by atoms with Crippen LogP contribution in [0.2, 0.25) is 5.02 Å². The number of benzene rings is 3. The van der Waals surface area contributed by atoms with Gasteiger partial charge in [-0.1, -0.05) is 35.9 Å². The quantitative estimate of drug-likeness (QED) is 0.289. The van der Waals surface area contributed by atoms with E-state index in [9.17, 15) is 9.59 Å². The number of halogens is 1. The van der Waals surface area contributed by atoms with Crippen LogP contribution in [0, 0.1) is 0 Å². The first kappa shape index (κ1) is 23.3. The van der Waals surface area contributed by atoms with Gasteiger partial charge in [0.15, 0.2) is 5.11 Å². The minimum Gasteiger partial charge on any atom is -0.495 e. The highest BCUT2D eigenvalue weighted by Crippen LogP contribution is 2.31. The summed E-state index contributed by atoms with van der Waals surface area (Å²) in [6.07, 6.45) is 0. The molecule has 0 atom stereocenters. The summed E-state index contributed by atoms with van der Waals surface area (Å²) in [6.45, 7) is 0. The number of amides is 1. The van der Waals surface area contributed by atoms with E-state index in [-0.39, 0.29) is 5.11 Å². The third-order valence-electron chi connectivity index (χ3n) is 5.04. The molecule has 3 aromatic carbocycles. The molecule has 0 saturated carbocycles. The summed E-state index contributed by atoms with van der Waals surface area (Å²) in [7, 11) is 2.99. The molecule has 9 heteroatoms. The Kier molecular flexibility index (Phi) is 6.81. The molecule has 0 spiro atoms. The second-order valence-electron chi connectivity index (χ2n) is 7.16. The third kappa shape index (κ3) is 4.88. The number of ether oxygens (including phenoxy) is 2. The van der Waals surface area contributed by atoms with Gasteiger partial charge in [0.1, 0.15) is 17.1 Å². The van der Waals surface area contributed by atoms with Crippen molar-refractivity contribution in [2.24, 2.45) is 0 Å². The van der Waals surface area contributed by atoms with E-state index in [0.29, 0.717) is 44.5 Å². The third-order valence-corrected chi connectivity index (χ3v) is 5.54. The maximum atomic E-state index is 12.6. The fraction of sp³-hybridized carbons (Fsp3) is 0.0800. The van der Waals surface area contributed by atoms with Gasteiger partial charge in [-0.2, -0.15) is 0 Å². The Morgan fingerprint density at radius 1 is 0.971 bits per heavy atom. The molecule has 1 heterocycles. The predicted molar refractivity (Wildman–Crippen MR) is 136 cm³/mol. The SMILES string of the molecule is COc1ccc(C(=O)NC(=S)Nc2cc(-c3cc4ccccc4oc3=O)ccc2OC)cc1Cl. The van der Waals surface area contributed by atoms with Crippen molar-refractivity contribution in [1.29, 1.82) is 0 Å². The lowest BCUT2D eigenvalue weighted by atomic mass is 10.0. The largest absolute Gasteiger partial charge is 0.495 e. The first-order chi connectivity index (χ1) is 16.4. The lowest BCUT2D eigenvalue weighted by Crippen LogP contribution is -2.34. The van der Waals surface area contributed by atoms with E-state index >= 15 is 0 Å². The molecular formula is C25H19ClN2O5S. The predicted octanol–water partition coefficient (Wildman–Crippen LogP) is 5.26. The van der Waals surface area contributed by atoms with E-state index in [0.717, 1.165) is 5.39 Å². The summed E-state index contributed by atoms with van der Waals surface area (Å²) in [5.74, 6) is 0.476. The molecule has 0 aliphatic rings. The molecule has 0 aliphatic carbocycles. The van der Waals surface area contributed by atoms with Gasteiger partial charge in [0.2, 0.25) is 0 Å². The Balaban J connectivity index is 1.58. The Hall–Kier alpha value is -3.88. The van der Waals surface area contributed by atoms with Gasteiger partial charge in [0.25, 0.3) is 5.91 Å². The molecule has 0 bridgehead atoms. The minimum atomic E-state index is -0.470. The summed E-state index contributed by atoms with van der Waals surface area (Å²) in [5.41, 5.74) is 1.79. The smallest absolute Gasteiger partial charge is 0.344 e. The maximum absolute atomic E-state index is 12.6. The van der Waals surface area contributed by atoms with Crippen LogP contribution in [0.4, 0.5) is 5.69 Å². The topological polar surface area (TPSA) is 89.8 Å². The van der Waals surface area contributed by atoms with Crippen molar-refractivity contribution in [3.63, 3.8) is 0 Å². The number of thiocarbonyl (C=S) groups is 1. The van der Waals surface area contributed by atoms with Crippen LogP contribution in [-0.4, -0.2) is 25.2 Å². The van der Waals surface area contributed by atoms with Crippen LogP contribution in [0.25, 0.3) is 22.1 Å². The van der Waals surface area contributed by atoms with Gasteiger partial charge in [0, 0.05) is 10.9 Å². The molecule has 0 aliphatic heterocycles. The van der Waals surface area contributed by atoms with E-state index in [1.807, 2.05) is 12.1 Å². The first-order valence-electron chi connectivity index (χ1n) is 10.1. The number of nitrogens with one attached hydrogen (secondary N) is 2. The average Bonchev–Trinajstić information content (AvgIpc) is 2.83. The number of methoxy groups -OCH3 is 2. The summed E-state index contributed by atoms with van der Waals surface area (Å²) in [4.78, 5) is 25.2. The molecule has 7 nitrogen and oxygen atoms in total. The Bertz CT molecular complexity index is 1470. The first-order valence-corrected chi connectivity index (χ1v) is 10.9. The zero-order chi connectivity index (χ0) is 24.2. The number of rotatable bonds is 5. The molecule has 1 aromatic heterocycles. The van der Waals surface area contributed by atoms with Crippen molar-refractivity contribution >= 4 is 51.5 Å². The standard InChI is InChI=1S/C25H19ClN2O5S/c1-31-21-9-8-16(12-18(21)26)23(29)28-25(34)27-19-13-14(7-10-22(19)32-2)17-11-15-5-3-4-6-20(15)33-24(17)30/h3-13H,1-2H3,(H2,27,28,29,34). The number of fused-ring (bicyclic) bond motifs is 1. The van der Waals surface area contributed by atoms with Crippen LogP contribution in [0.15, 0.2) is 75.9 Å². The lowest BCUT2D eigenvalue weighted by molar-refractivity contribution is 0.0977. The number of anilines is 1. The van der Waals surface area contributed by atoms with Crippen LogP contribution in [-0.2, 0) is 0 Å². The molecular weight excluding hydrogens is 476 g/mol. The number of carbonyl (C=O) groups excluding carboxylic acids is 1. The summed E-state index contributed by atoms with van der Waals surface area (Å²) >= 11 is 11.4. The molecule has 1 amide bonds. The van der Waals surface area contributed by atoms with Gasteiger partial charge in [0.05, 0.1) is 30.5 Å². The van der Waals surface area contributed by atoms with Crippen molar-refractivity contribution in [2.75, 3.05) is 19.5 Å². The van der Waals surface area contributed by atoms with Crippen molar-refractivity contribution in [2.45, 2.75) is 0 Å². The summed E-state index contributed by atoms with van der Waals surface area (Å²) < 4.78 is 15.9. The van der Waals surface area contributed by atoms with E-state index in [1.165, 1.54) is 20.3 Å². The normalized spacial score (nSPS) is 10.6. The van der Waals surface area contributed by atoms with E-state index < -0.39 is 11.5 Å². The van der Waals surface area contributed by atoms with Crippen LogP contribution in [0.3, 0.4) is 0 Å². The monoisotopic (exact) mass is 494 g/mol. The molecule has 0 saturated heterocycles. The fourth-order valence-corrected chi connectivity index (χ4v) is 3.83. The van der Waals surface area contributed by atoms with Crippen LogP contribution >= 0.6 is 23.8 Å². The van der Waals surface area contributed by atoms with Gasteiger partial charge in [-0.25, -0.2) is 4.79 Å². The van der Waals surface area contributed by atoms with Gasteiger partial charge in [-0.15, -0.1) is 0 Å². The van der Waals surface area contributed by atoms with E-state index in [4.69, 9.17) is 37.7 Å². The van der Waals surface area contributed by atoms with Crippen molar-refractivity contribution < 1.29 is 18.7 Å². The molecule has 2 N–H and O–H groups in total. The van der Waals surface area contributed by atoms with Gasteiger partial charge in [-0.3, -0.25) is 10.1 Å². The minimum absolute atomic E-state index is 0.0398. The van der Waals surface area contributed by atoms with E-state index in [2.05, 4.69) is 10.6 Å². The number of carbonyl (C=O) groups is 1. The fourth-order valence-electron chi connectivity index (χ4n) is 3.37. The number of para-hydroxylation sites is 1. The molecule has 0 fully saturated rings. The molecule has 4 rings (SSSR count). The van der Waals surface area contributed by atoms with E-state index in [1.54, 1.807) is 48.5 Å². The average molecular weight is 495 g/mol. The second kappa shape index (κ2) is 9.94. The maximum Gasteiger partial charge on any atom is 0.344 e. The van der Waals surface area contributed by atoms with Crippen LogP contribution in [0.5, 0.6) is 11.5 Å². The molecule has 172 valence electrons. The second-order valence-corrected chi connectivity index (χ2v) is 7.97. The Morgan fingerprint density at radius 2 is 1.71 bits per heavy atom.